The van der Waals surface area contributed by atoms with E-state index in [4.69, 9.17) is 28.4 Å². The summed E-state index contributed by atoms with van der Waals surface area (Å²) in [6.45, 7) is 4.97. The van der Waals surface area contributed by atoms with Crippen LogP contribution in [0.4, 0.5) is 11.4 Å². The highest BCUT2D eigenvalue weighted by Gasteiger charge is 2.36. The van der Waals surface area contributed by atoms with Gasteiger partial charge in [-0.2, -0.15) is 0 Å². The van der Waals surface area contributed by atoms with Crippen molar-refractivity contribution in [3.05, 3.63) is 88.0 Å². The molecule has 2 atom stereocenters. The molecule has 13 heteroatoms. The minimum atomic E-state index is -0.533. The van der Waals surface area contributed by atoms with Gasteiger partial charge in [0.25, 0.3) is 11.8 Å². The summed E-state index contributed by atoms with van der Waals surface area (Å²) in [5.74, 6) is 1.24. The first-order valence-corrected chi connectivity index (χ1v) is 17.7. The summed E-state index contributed by atoms with van der Waals surface area (Å²) < 4.78 is 34.4. The van der Waals surface area contributed by atoms with Gasteiger partial charge < -0.3 is 38.2 Å². The number of hydrogen-bond donors (Lipinski definition) is 0. The summed E-state index contributed by atoms with van der Waals surface area (Å²) in [5, 5.41) is 0. The van der Waals surface area contributed by atoms with Crippen molar-refractivity contribution in [2.45, 2.75) is 52.0 Å². The van der Waals surface area contributed by atoms with Crippen LogP contribution in [0, 0.1) is 0 Å². The van der Waals surface area contributed by atoms with Crippen molar-refractivity contribution in [1.29, 1.82) is 0 Å². The molecule has 4 heterocycles. The molecule has 2 saturated heterocycles. The van der Waals surface area contributed by atoms with Crippen LogP contribution in [0.15, 0.2) is 75.7 Å². The summed E-state index contributed by atoms with van der Waals surface area (Å²) in [6, 6.07) is 12.0. The monoisotopic (exact) mass is 734 g/mol. The second-order valence-corrected chi connectivity index (χ2v) is 13.3. The number of carbonyl (C=O) groups excluding carboxylic acids is 3. The van der Waals surface area contributed by atoms with Crippen molar-refractivity contribution >= 4 is 41.6 Å². The van der Waals surface area contributed by atoms with Crippen LogP contribution in [0.2, 0.25) is 0 Å². The zero-order valence-corrected chi connectivity index (χ0v) is 30.9. The quantitative estimate of drug-likeness (QED) is 0.167. The Morgan fingerprint density at radius 3 is 1.59 bits per heavy atom. The van der Waals surface area contributed by atoms with Gasteiger partial charge in [0.2, 0.25) is 0 Å². The number of fused-ring (bicyclic) bond motifs is 4. The molecule has 0 aliphatic carbocycles. The molecule has 54 heavy (non-hydrogen) atoms. The Hall–Kier alpha value is -6.11. The van der Waals surface area contributed by atoms with E-state index >= 15 is 0 Å². The SMILES string of the molecule is C/C=C1\C[C@H]2C=Nc3cc(OCc4cc(COc5cc6c(cc5OC)C(=O)N5C/C(=C/C)C[C@H]5C=N6)cc(OCC(=O)OC)c4)c(OC)cc3C(=O)N2C1. The molecule has 2 fully saturated rings. The van der Waals surface area contributed by atoms with E-state index in [1.165, 1.54) is 32.5 Å². The summed E-state index contributed by atoms with van der Waals surface area (Å²) in [7, 11) is 4.33. The fourth-order valence-electron chi connectivity index (χ4n) is 7.03. The van der Waals surface area contributed by atoms with Crippen LogP contribution in [0.25, 0.3) is 0 Å². The highest BCUT2D eigenvalue weighted by molar-refractivity contribution is 6.04. The van der Waals surface area contributed by atoms with Crippen molar-refractivity contribution in [2.24, 2.45) is 9.98 Å². The summed E-state index contributed by atoms with van der Waals surface area (Å²) in [5.41, 5.74) is 5.70. The molecule has 0 bridgehead atoms. The van der Waals surface area contributed by atoms with E-state index in [1.54, 1.807) is 36.4 Å². The highest BCUT2D eigenvalue weighted by Crippen LogP contribution is 2.41. The van der Waals surface area contributed by atoms with Gasteiger partial charge in [-0.3, -0.25) is 19.6 Å². The molecule has 3 aromatic rings. The van der Waals surface area contributed by atoms with Gasteiger partial charge in [0.1, 0.15) is 19.0 Å². The van der Waals surface area contributed by atoms with Gasteiger partial charge in [-0.25, -0.2) is 4.79 Å². The van der Waals surface area contributed by atoms with Crippen LogP contribution in [-0.4, -0.2) is 93.1 Å². The molecule has 0 N–H and O–H groups in total. The van der Waals surface area contributed by atoms with E-state index in [1.807, 2.05) is 54.3 Å². The zero-order valence-electron chi connectivity index (χ0n) is 30.9. The average molecular weight is 735 g/mol. The van der Waals surface area contributed by atoms with E-state index < -0.39 is 5.97 Å². The van der Waals surface area contributed by atoms with Crippen LogP contribution >= 0.6 is 0 Å². The number of benzene rings is 3. The van der Waals surface area contributed by atoms with Crippen LogP contribution < -0.4 is 23.7 Å². The Morgan fingerprint density at radius 1 is 0.685 bits per heavy atom. The number of allylic oxidation sites excluding steroid dienone is 2. The maximum atomic E-state index is 13.5. The molecule has 0 spiro atoms. The molecule has 280 valence electrons. The predicted molar refractivity (Wildman–Crippen MR) is 201 cm³/mol. The molecular weight excluding hydrogens is 692 g/mol. The summed E-state index contributed by atoms with van der Waals surface area (Å²) in [6.07, 6.45) is 9.24. The zero-order chi connectivity index (χ0) is 37.9. The Bertz CT molecular complexity index is 1990. The largest absolute Gasteiger partial charge is 0.493 e. The number of hydrogen-bond acceptors (Lipinski definition) is 11. The van der Waals surface area contributed by atoms with Gasteiger partial charge >= 0.3 is 5.97 Å². The number of aliphatic imine (C=N–C) groups is 2. The average Bonchev–Trinajstić information content (AvgIpc) is 3.77. The lowest BCUT2D eigenvalue weighted by atomic mass is 10.1. The lowest BCUT2D eigenvalue weighted by Crippen LogP contribution is -2.35. The number of rotatable bonds is 11. The lowest BCUT2D eigenvalue weighted by Gasteiger charge is -2.20. The summed E-state index contributed by atoms with van der Waals surface area (Å²) >= 11 is 0. The van der Waals surface area contributed by atoms with Crippen LogP contribution in [0.3, 0.4) is 0 Å². The maximum absolute atomic E-state index is 13.5. The van der Waals surface area contributed by atoms with Gasteiger partial charge in [0.15, 0.2) is 29.6 Å². The van der Waals surface area contributed by atoms with Gasteiger partial charge in [-0.1, -0.05) is 23.3 Å². The van der Waals surface area contributed by atoms with Crippen molar-refractivity contribution in [2.75, 3.05) is 41.0 Å². The third-order valence-corrected chi connectivity index (χ3v) is 10.0. The van der Waals surface area contributed by atoms with E-state index in [0.717, 1.165) is 12.8 Å². The third-order valence-electron chi connectivity index (χ3n) is 10.0. The molecule has 7 rings (SSSR count). The molecule has 4 aliphatic heterocycles. The van der Waals surface area contributed by atoms with E-state index in [9.17, 15) is 14.4 Å². The molecule has 3 aromatic carbocycles. The maximum Gasteiger partial charge on any atom is 0.343 e. The van der Waals surface area contributed by atoms with E-state index in [2.05, 4.69) is 9.98 Å². The van der Waals surface area contributed by atoms with Crippen LogP contribution in [0.5, 0.6) is 28.7 Å². The Morgan fingerprint density at radius 2 is 1.17 bits per heavy atom. The Kier molecular flexibility index (Phi) is 10.4. The van der Waals surface area contributed by atoms with Gasteiger partial charge in [-0.15, -0.1) is 0 Å². The smallest absolute Gasteiger partial charge is 0.343 e. The van der Waals surface area contributed by atoms with Gasteiger partial charge in [-0.05, 0) is 68.1 Å². The highest BCUT2D eigenvalue weighted by atomic mass is 16.6. The van der Waals surface area contributed by atoms with Crippen LogP contribution in [-0.2, 0) is 22.7 Å². The normalized spacial score (nSPS) is 19.9. The third kappa shape index (κ3) is 7.26. The van der Waals surface area contributed by atoms with Crippen LogP contribution in [0.1, 0.15) is 58.5 Å². The number of carbonyl (C=O) groups is 3. The fraction of sp³-hybridized carbons (Fsp3) is 0.341. The van der Waals surface area contributed by atoms with E-state index in [-0.39, 0.29) is 43.7 Å². The second kappa shape index (κ2) is 15.5. The first-order chi connectivity index (χ1) is 26.2. The molecule has 0 radical (unpaired) electrons. The molecule has 4 aliphatic rings. The first-order valence-electron chi connectivity index (χ1n) is 17.7. The Labute approximate surface area is 313 Å². The Balaban J connectivity index is 1.12. The predicted octanol–water partition coefficient (Wildman–Crippen LogP) is 6.17. The second-order valence-electron chi connectivity index (χ2n) is 13.3. The molecular formula is C41H42N4O9. The number of ether oxygens (including phenoxy) is 6. The minimum absolute atomic E-state index is 0.0836. The van der Waals surface area contributed by atoms with Crippen molar-refractivity contribution in [3.63, 3.8) is 0 Å². The number of amides is 2. The van der Waals surface area contributed by atoms with E-state index in [0.29, 0.717) is 75.5 Å². The van der Waals surface area contributed by atoms with Crippen molar-refractivity contribution in [3.8, 4) is 28.7 Å². The molecule has 0 unspecified atom stereocenters. The minimum Gasteiger partial charge on any atom is -0.493 e. The lowest BCUT2D eigenvalue weighted by molar-refractivity contribution is -0.142. The number of methoxy groups -OCH3 is 3. The molecule has 0 aromatic heterocycles. The molecule has 13 nitrogen and oxygen atoms in total. The van der Waals surface area contributed by atoms with Gasteiger partial charge in [0, 0.05) is 37.7 Å². The van der Waals surface area contributed by atoms with Crippen molar-refractivity contribution in [1.82, 2.24) is 9.80 Å². The first kappa shape index (κ1) is 36.3. The number of esters is 1. The molecule has 0 saturated carbocycles. The van der Waals surface area contributed by atoms with Gasteiger partial charge in [0.05, 0.1) is 55.9 Å². The fourth-order valence-corrected chi connectivity index (χ4v) is 7.03. The standard InChI is InChI=1S/C41H42N4O9/c1-6-24-9-28-17-42-33-15-37(35(49-3)13-31(33)40(47)44(28)19-24)53-21-26-8-27(12-30(11-26)52-23-39(46)51-5)22-54-38-16-34-32(14-36(38)50-4)41(48)45-20-25(7-2)10-29(45)18-43-34/h6-8,11-18,28-29H,9-10,19-23H2,1-5H3/b24-6+,25-7+/t28-,29-/m0/s1. The number of nitrogens with zero attached hydrogens (tertiary/aromatic N) is 4. The summed E-state index contributed by atoms with van der Waals surface area (Å²) in [4.78, 5) is 52.0. The molecule has 2 amide bonds. The van der Waals surface area contributed by atoms with Crippen molar-refractivity contribution < 1.29 is 42.8 Å². The topological polar surface area (TPSA) is 138 Å².